The minimum absolute atomic E-state index is 0.00291. The Labute approximate surface area is 114 Å². The number of aromatic nitrogens is 1. The fraction of sp³-hybridized carbons (Fsp3) is 0.615. The molecule has 0 radical (unpaired) electrons. The minimum Gasteiger partial charge on any atom is -0.384 e. The molecule has 3 atom stereocenters. The lowest BCUT2D eigenvalue weighted by Crippen LogP contribution is -2.43. The van der Waals surface area contributed by atoms with Crippen LogP contribution in [0.15, 0.2) is 23.2 Å². The third kappa shape index (κ3) is 3.25. The molecule has 0 bridgehead atoms. The molecule has 0 spiro atoms. The van der Waals surface area contributed by atoms with E-state index in [9.17, 15) is 8.42 Å². The molecule has 0 aromatic carbocycles. The van der Waals surface area contributed by atoms with Crippen molar-refractivity contribution in [3.63, 3.8) is 0 Å². The molecular formula is C13H21N3O2S. The second-order valence-electron chi connectivity index (χ2n) is 5.41. The van der Waals surface area contributed by atoms with E-state index in [2.05, 4.69) is 23.6 Å². The molecule has 3 N–H and O–H groups in total. The van der Waals surface area contributed by atoms with Crippen molar-refractivity contribution in [1.82, 2.24) is 9.71 Å². The molecule has 3 unspecified atom stereocenters. The van der Waals surface area contributed by atoms with Gasteiger partial charge in [0.2, 0.25) is 10.0 Å². The molecular weight excluding hydrogens is 262 g/mol. The topological polar surface area (TPSA) is 85.1 Å². The van der Waals surface area contributed by atoms with Crippen LogP contribution in [0, 0.1) is 11.8 Å². The number of pyridine rings is 1. The maximum absolute atomic E-state index is 12.3. The van der Waals surface area contributed by atoms with Crippen molar-refractivity contribution in [1.29, 1.82) is 0 Å². The quantitative estimate of drug-likeness (QED) is 0.885. The molecule has 2 rings (SSSR count). The lowest BCUT2D eigenvalue weighted by molar-refractivity contribution is 0.227. The summed E-state index contributed by atoms with van der Waals surface area (Å²) in [6.45, 7) is 4.29. The van der Waals surface area contributed by atoms with Crippen LogP contribution in [0.5, 0.6) is 0 Å². The zero-order valence-electron chi connectivity index (χ0n) is 11.3. The van der Waals surface area contributed by atoms with Gasteiger partial charge in [-0.2, -0.15) is 0 Å². The second-order valence-corrected chi connectivity index (χ2v) is 7.13. The van der Waals surface area contributed by atoms with E-state index >= 15 is 0 Å². The molecule has 0 amide bonds. The van der Waals surface area contributed by atoms with Gasteiger partial charge in [-0.25, -0.2) is 18.1 Å². The molecule has 1 aromatic heterocycles. The molecule has 1 aliphatic carbocycles. The second kappa shape index (κ2) is 5.46. The number of nitrogens with one attached hydrogen (secondary N) is 1. The fourth-order valence-corrected chi connectivity index (χ4v) is 3.99. The van der Waals surface area contributed by atoms with Crippen LogP contribution in [-0.2, 0) is 10.0 Å². The zero-order valence-corrected chi connectivity index (χ0v) is 12.2. The Morgan fingerprint density at radius 1 is 1.37 bits per heavy atom. The number of hydrogen-bond acceptors (Lipinski definition) is 4. The van der Waals surface area contributed by atoms with Crippen LogP contribution in [0.2, 0.25) is 0 Å². The van der Waals surface area contributed by atoms with E-state index in [0.29, 0.717) is 11.8 Å². The average Bonchev–Trinajstić information content (AvgIpc) is 2.35. The Hall–Kier alpha value is -1.14. The van der Waals surface area contributed by atoms with Gasteiger partial charge in [0.1, 0.15) is 5.82 Å². The Bertz CT molecular complexity index is 545. The van der Waals surface area contributed by atoms with Crippen LogP contribution < -0.4 is 10.5 Å². The molecule has 19 heavy (non-hydrogen) atoms. The summed E-state index contributed by atoms with van der Waals surface area (Å²) >= 11 is 0. The number of sulfonamides is 1. The van der Waals surface area contributed by atoms with Gasteiger partial charge in [0, 0.05) is 18.3 Å². The molecule has 5 nitrogen and oxygen atoms in total. The van der Waals surface area contributed by atoms with Crippen molar-refractivity contribution >= 4 is 15.8 Å². The van der Waals surface area contributed by atoms with Crippen molar-refractivity contribution in [3.05, 3.63) is 18.3 Å². The summed E-state index contributed by atoms with van der Waals surface area (Å²) < 4.78 is 27.4. The van der Waals surface area contributed by atoms with E-state index in [1.54, 1.807) is 0 Å². The summed E-state index contributed by atoms with van der Waals surface area (Å²) in [5.41, 5.74) is 5.53. The standard InChI is InChI=1S/C13H21N3O2S/c1-9-4-3-5-12(10(9)2)16-19(17,18)11-6-7-15-13(14)8-11/h6-10,12,16H,3-5H2,1-2H3,(H2,14,15). The summed E-state index contributed by atoms with van der Waals surface area (Å²) in [6, 6.07) is 2.86. The van der Waals surface area contributed by atoms with Crippen LogP contribution in [0.25, 0.3) is 0 Å². The number of hydrogen-bond donors (Lipinski definition) is 2. The van der Waals surface area contributed by atoms with E-state index in [0.717, 1.165) is 12.8 Å². The highest BCUT2D eigenvalue weighted by atomic mass is 32.2. The lowest BCUT2D eigenvalue weighted by atomic mass is 9.78. The highest BCUT2D eigenvalue weighted by Gasteiger charge is 2.30. The van der Waals surface area contributed by atoms with Gasteiger partial charge in [-0.05, 0) is 24.3 Å². The fourth-order valence-electron chi connectivity index (χ4n) is 2.61. The first-order chi connectivity index (χ1) is 8.90. The van der Waals surface area contributed by atoms with Crippen molar-refractivity contribution in [2.24, 2.45) is 11.8 Å². The first kappa shape index (κ1) is 14.3. The number of anilines is 1. The van der Waals surface area contributed by atoms with Crippen LogP contribution in [0.3, 0.4) is 0 Å². The van der Waals surface area contributed by atoms with Crippen molar-refractivity contribution < 1.29 is 8.42 Å². The van der Waals surface area contributed by atoms with Crippen molar-refractivity contribution in [3.8, 4) is 0 Å². The van der Waals surface area contributed by atoms with Gasteiger partial charge in [-0.3, -0.25) is 0 Å². The van der Waals surface area contributed by atoms with Gasteiger partial charge in [0.15, 0.2) is 0 Å². The van der Waals surface area contributed by atoms with E-state index in [1.165, 1.54) is 24.8 Å². The maximum atomic E-state index is 12.3. The normalized spacial score (nSPS) is 28.2. The van der Waals surface area contributed by atoms with Crippen molar-refractivity contribution in [2.45, 2.75) is 44.0 Å². The summed E-state index contributed by atoms with van der Waals surface area (Å²) in [6.07, 6.45) is 4.54. The van der Waals surface area contributed by atoms with Crippen LogP contribution in [-0.4, -0.2) is 19.4 Å². The zero-order chi connectivity index (χ0) is 14.0. The number of nitrogen functional groups attached to an aromatic ring is 1. The van der Waals surface area contributed by atoms with Crippen LogP contribution in [0.4, 0.5) is 5.82 Å². The molecule has 106 valence electrons. The summed E-state index contributed by atoms with van der Waals surface area (Å²) in [4.78, 5) is 4.00. The molecule has 1 fully saturated rings. The monoisotopic (exact) mass is 283 g/mol. The van der Waals surface area contributed by atoms with E-state index in [-0.39, 0.29) is 16.8 Å². The Balaban J connectivity index is 2.17. The first-order valence-electron chi connectivity index (χ1n) is 6.64. The highest BCUT2D eigenvalue weighted by Crippen LogP contribution is 2.30. The Kier molecular flexibility index (Phi) is 4.10. The van der Waals surface area contributed by atoms with Crippen LogP contribution in [0.1, 0.15) is 33.1 Å². The molecule has 1 aromatic rings. The van der Waals surface area contributed by atoms with Gasteiger partial charge < -0.3 is 5.73 Å². The third-order valence-electron chi connectivity index (χ3n) is 4.08. The molecule has 0 saturated heterocycles. The van der Waals surface area contributed by atoms with Crippen LogP contribution >= 0.6 is 0 Å². The summed E-state index contributed by atoms with van der Waals surface area (Å²) in [7, 11) is -3.51. The summed E-state index contributed by atoms with van der Waals surface area (Å²) in [5, 5.41) is 0. The third-order valence-corrected chi connectivity index (χ3v) is 5.56. The van der Waals surface area contributed by atoms with Gasteiger partial charge in [0.25, 0.3) is 0 Å². The van der Waals surface area contributed by atoms with Gasteiger partial charge in [0.05, 0.1) is 4.90 Å². The molecule has 1 aliphatic rings. The minimum atomic E-state index is -3.51. The smallest absolute Gasteiger partial charge is 0.241 e. The van der Waals surface area contributed by atoms with E-state index < -0.39 is 10.0 Å². The predicted molar refractivity (Wildman–Crippen MR) is 74.9 cm³/mol. The Morgan fingerprint density at radius 2 is 2.11 bits per heavy atom. The van der Waals surface area contributed by atoms with Gasteiger partial charge >= 0.3 is 0 Å². The van der Waals surface area contributed by atoms with E-state index in [1.807, 2.05) is 0 Å². The first-order valence-corrected chi connectivity index (χ1v) is 8.12. The predicted octanol–water partition coefficient (Wildman–Crippen LogP) is 1.77. The van der Waals surface area contributed by atoms with Gasteiger partial charge in [-0.1, -0.05) is 26.7 Å². The highest BCUT2D eigenvalue weighted by molar-refractivity contribution is 7.89. The molecule has 1 heterocycles. The molecule has 6 heteroatoms. The van der Waals surface area contributed by atoms with Gasteiger partial charge in [-0.15, -0.1) is 0 Å². The largest absolute Gasteiger partial charge is 0.384 e. The Morgan fingerprint density at radius 3 is 2.79 bits per heavy atom. The number of rotatable bonds is 3. The molecule has 0 aliphatic heterocycles. The summed E-state index contributed by atoms with van der Waals surface area (Å²) in [5.74, 6) is 1.11. The molecule has 1 saturated carbocycles. The van der Waals surface area contributed by atoms with Crippen molar-refractivity contribution in [2.75, 3.05) is 5.73 Å². The van der Waals surface area contributed by atoms with E-state index in [4.69, 9.17) is 5.73 Å². The SMILES string of the molecule is CC1CCCC(NS(=O)(=O)c2ccnc(N)c2)C1C. The number of nitrogens with two attached hydrogens (primary N) is 1. The number of nitrogens with zero attached hydrogens (tertiary/aromatic N) is 1. The lowest BCUT2D eigenvalue weighted by Gasteiger charge is -2.34. The maximum Gasteiger partial charge on any atom is 0.241 e. The average molecular weight is 283 g/mol.